The summed E-state index contributed by atoms with van der Waals surface area (Å²) in [6.07, 6.45) is 0. The van der Waals surface area contributed by atoms with Gasteiger partial charge in [-0.25, -0.2) is 0 Å². The van der Waals surface area contributed by atoms with Gasteiger partial charge in [0, 0.05) is 26.9 Å². The Morgan fingerprint density at radius 2 is 1.04 bits per heavy atom. The quantitative estimate of drug-likeness (QED) is 0.651. The first kappa shape index (κ1) is 21.7. The topological polar surface area (TPSA) is 89.5 Å². The van der Waals surface area contributed by atoms with Crippen LogP contribution in [0.1, 0.15) is 27.7 Å². The van der Waals surface area contributed by atoms with E-state index >= 15 is 0 Å². The number of carbonyl (C=O) groups is 2. The molecule has 0 aliphatic carbocycles. The molecule has 8 nitrogen and oxygen atoms in total. The van der Waals surface area contributed by atoms with Gasteiger partial charge < -0.3 is 25.3 Å². The van der Waals surface area contributed by atoms with Crippen molar-refractivity contribution in [2.75, 3.05) is 0 Å². The average molecular weight is 413 g/mol. The van der Waals surface area contributed by atoms with E-state index in [1.807, 2.05) is 26.9 Å². The fourth-order valence-corrected chi connectivity index (χ4v) is 21.4. The third kappa shape index (κ3) is 5.87. The summed E-state index contributed by atoms with van der Waals surface area (Å²) in [4.78, 5) is 23.1. The number of hydrogen-bond acceptors (Lipinski definition) is 8. The standard InChI is InChI=1S/C12H28O8Si4/c1-9-21(5)17-22(6,10-2)19-24(8,16-12(4)14)20-23(7,18-21)15-11(3)13/h9-10H2,1-8H3. The van der Waals surface area contributed by atoms with Gasteiger partial charge in [0.15, 0.2) is 0 Å². The van der Waals surface area contributed by atoms with Gasteiger partial charge in [-0.1, -0.05) is 13.8 Å². The summed E-state index contributed by atoms with van der Waals surface area (Å²) in [6, 6.07) is 1.30. The minimum Gasteiger partial charge on any atom is -0.474 e. The van der Waals surface area contributed by atoms with Gasteiger partial charge in [-0.2, -0.15) is 0 Å². The summed E-state index contributed by atoms with van der Waals surface area (Å²) in [5, 5.41) is 0. The fourth-order valence-electron chi connectivity index (χ4n) is 2.56. The van der Waals surface area contributed by atoms with Gasteiger partial charge in [0.05, 0.1) is 0 Å². The van der Waals surface area contributed by atoms with Crippen molar-refractivity contribution < 1.29 is 34.9 Å². The first-order valence-electron chi connectivity index (χ1n) is 7.98. The van der Waals surface area contributed by atoms with Crippen molar-refractivity contribution in [2.24, 2.45) is 0 Å². The Labute approximate surface area is 148 Å². The molecule has 140 valence electrons. The first-order valence-corrected chi connectivity index (χ1v) is 17.5. The van der Waals surface area contributed by atoms with E-state index in [2.05, 4.69) is 0 Å². The molecule has 24 heavy (non-hydrogen) atoms. The lowest BCUT2D eigenvalue weighted by molar-refractivity contribution is -0.136. The molecule has 4 atom stereocenters. The van der Waals surface area contributed by atoms with Crippen molar-refractivity contribution in [1.82, 2.24) is 0 Å². The zero-order valence-corrected chi connectivity index (χ0v) is 19.7. The molecule has 1 rings (SSSR count). The second kappa shape index (κ2) is 7.49. The summed E-state index contributed by atoms with van der Waals surface area (Å²) < 4.78 is 35.5. The lowest BCUT2D eigenvalue weighted by Gasteiger charge is -2.47. The molecule has 0 aromatic carbocycles. The van der Waals surface area contributed by atoms with Gasteiger partial charge in [-0.3, -0.25) is 9.59 Å². The highest BCUT2D eigenvalue weighted by molar-refractivity contribution is 6.91. The Morgan fingerprint density at radius 1 is 0.708 bits per heavy atom. The van der Waals surface area contributed by atoms with E-state index in [0.29, 0.717) is 12.1 Å². The second-order valence-electron chi connectivity index (χ2n) is 6.30. The predicted octanol–water partition coefficient (Wildman–Crippen LogP) is 2.51. The maximum atomic E-state index is 11.5. The molecular weight excluding hydrogens is 384 g/mol. The van der Waals surface area contributed by atoms with Gasteiger partial charge in [0.25, 0.3) is 11.9 Å². The van der Waals surface area contributed by atoms with Crippen LogP contribution in [0.15, 0.2) is 0 Å². The molecule has 0 N–H and O–H groups in total. The number of carbonyl (C=O) groups excluding carboxylic acids is 2. The molecule has 0 saturated carbocycles. The van der Waals surface area contributed by atoms with Gasteiger partial charge in [0.2, 0.25) is 0 Å². The Morgan fingerprint density at radius 3 is 1.29 bits per heavy atom. The Balaban J connectivity index is 3.32. The fraction of sp³-hybridized carbons (Fsp3) is 0.833. The van der Waals surface area contributed by atoms with Crippen LogP contribution >= 0.6 is 0 Å². The van der Waals surface area contributed by atoms with Crippen LogP contribution in [-0.2, 0) is 34.9 Å². The summed E-state index contributed by atoms with van der Waals surface area (Å²) in [6.45, 7) is 13.5. The lowest BCUT2D eigenvalue weighted by Crippen LogP contribution is -2.69. The number of rotatable bonds is 4. The van der Waals surface area contributed by atoms with Crippen molar-refractivity contribution in [3.8, 4) is 0 Å². The molecule has 1 heterocycles. The van der Waals surface area contributed by atoms with Crippen molar-refractivity contribution >= 4 is 46.7 Å². The molecule has 12 heteroatoms. The minimum absolute atomic E-state index is 0.521. The Kier molecular flexibility index (Phi) is 6.77. The predicted molar refractivity (Wildman–Crippen MR) is 95.3 cm³/mol. The highest BCUT2D eigenvalue weighted by atomic mass is 28.5. The molecule has 0 amide bonds. The SMILES string of the molecule is CC[Si]1(C)O[Si](C)(CC)O[Si](C)(OC(C)=O)O[Si](C)(OC(C)=O)O1. The molecule has 0 aromatic rings. The van der Waals surface area contributed by atoms with Gasteiger partial charge >= 0.3 is 34.7 Å². The van der Waals surface area contributed by atoms with Gasteiger partial charge in [-0.05, 0) is 25.2 Å². The van der Waals surface area contributed by atoms with Gasteiger partial charge in [-0.15, -0.1) is 0 Å². The van der Waals surface area contributed by atoms with E-state index in [4.69, 9.17) is 25.3 Å². The molecule has 4 unspecified atom stereocenters. The summed E-state index contributed by atoms with van der Waals surface area (Å²) in [5.74, 6) is -1.04. The van der Waals surface area contributed by atoms with Crippen molar-refractivity contribution in [2.45, 2.75) is 66.0 Å². The lowest BCUT2D eigenvalue weighted by atomic mass is 10.9. The van der Waals surface area contributed by atoms with E-state index in [9.17, 15) is 9.59 Å². The summed E-state index contributed by atoms with van der Waals surface area (Å²) in [5.41, 5.74) is 0. The van der Waals surface area contributed by atoms with Crippen LogP contribution in [0.2, 0.25) is 38.3 Å². The minimum atomic E-state index is -3.45. The average Bonchev–Trinajstić information content (AvgIpc) is 2.33. The summed E-state index contributed by atoms with van der Waals surface area (Å²) in [7, 11) is -12.2. The van der Waals surface area contributed by atoms with Crippen LogP contribution in [-0.4, -0.2) is 46.7 Å². The van der Waals surface area contributed by atoms with E-state index in [0.717, 1.165) is 0 Å². The molecule has 1 aliphatic rings. The van der Waals surface area contributed by atoms with E-state index < -0.39 is 46.7 Å². The first-order chi connectivity index (χ1) is 10.8. The van der Waals surface area contributed by atoms with Crippen LogP contribution in [0.5, 0.6) is 0 Å². The largest absolute Gasteiger partial charge is 0.549 e. The molecular formula is C12H28O8Si4. The molecule has 0 spiro atoms. The van der Waals surface area contributed by atoms with Crippen molar-refractivity contribution in [1.29, 1.82) is 0 Å². The van der Waals surface area contributed by atoms with E-state index in [1.165, 1.54) is 13.8 Å². The Bertz CT molecular complexity index is 465. The highest BCUT2D eigenvalue weighted by Gasteiger charge is 2.61. The van der Waals surface area contributed by atoms with Gasteiger partial charge in [0.1, 0.15) is 0 Å². The summed E-state index contributed by atoms with van der Waals surface area (Å²) >= 11 is 0. The second-order valence-corrected chi connectivity index (χ2v) is 19.4. The zero-order valence-electron chi connectivity index (χ0n) is 15.7. The van der Waals surface area contributed by atoms with Crippen LogP contribution in [0.3, 0.4) is 0 Å². The maximum absolute atomic E-state index is 11.5. The monoisotopic (exact) mass is 412 g/mol. The van der Waals surface area contributed by atoms with Crippen molar-refractivity contribution in [3.05, 3.63) is 0 Å². The third-order valence-corrected chi connectivity index (χ3v) is 20.3. The van der Waals surface area contributed by atoms with E-state index in [-0.39, 0.29) is 0 Å². The molecule has 0 radical (unpaired) electrons. The smallest absolute Gasteiger partial charge is 0.474 e. The molecule has 1 aliphatic heterocycles. The maximum Gasteiger partial charge on any atom is 0.549 e. The Hall–Kier alpha value is -0.352. The normalized spacial score (nSPS) is 40.3. The van der Waals surface area contributed by atoms with E-state index in [1.54, 1.807) is 13.1 Å². The molecule has 1 saturated heterocycles. The van der Waals surface area contributed by atoms with Crippen LogP contribution in [0.25, 0.3) is 0 Å². The third-order valence-electron chi connectivity index (χ3n) is 3.55. The zero-order chi connectivity index (χ0) is 18.8. The number of hydrogen-bond donors (Lipinski definition) is 0. The molecule has 0 bridgehead atoms. The van der Waals surface area contributed by atoms with Crippen LogP contribution < -0.4 is 0 Å². The molecule has 0 aromatic heterocycles. The molecule has 1 fully saturated rings. The van der Waals surface area contributed by atoms with Crippen molar-refractivity contribution in [3.63, 3.8) is 0 Å². The van der Waals surface area contributed by atoms with Crippen LogP contribution in [0, 0.1) is 0 Å². The van der Waals surface area contributed by atoms with Crippen LogP contribution in [0.4, 0.5) is 0 Å². The highest BCUT2D eigenvalue weighted by Crippen LogP contribution is 2.34.